The maximum absolute atomic E-state index is 12.4. The van der Waals surface area contributed by atoms with Crippen molar-refractivity contribution in [1.29, 1.82) is 0 Å². The van der Waals surface area contributed by atoms with Crippen LogP contribution in [0.5, 0.6) is 17.2 Å². The van der Waals surface area contributed by atoms with Crippen LogP contribution in [0.3, 0.4) is 0 Å². The summed E-state index contributed by atoms with van der Waals surface area (Å²) in [7, 11) is 12.1. The van der Waals surface area contributed by atoms with Crippen molar-refractivity contribution in [3.05, 3.63) is 95.1 Å². The third-order valence-corrected chi connectivity index (χ3v) is 14.8. The number of benzene rings is 3. The van der Waals surface area contributed by atoms with Crippen molar-refractivity contribution in [3.8, 4) is 17.2 Å². The topological polar surface area (TPSA) is 169 Å². The number of hydroxylamine groups is 2. The monoisotopic (exact) mass is 986 g/mol. The van der Waals surface area contributed by atoms with Gasteiger partial charge >= 0.3 is 5.97 Å². The van der Waals surface area contributed by atoms with E-state index in [2.05, 4.69) is 62.5 Å². The molecule has 1 unspecified atom stereocenters. The molecule has 0 radical (unpaired) electrons. The lowest BCUT2D eigenvalue weighted by Crippen LogP contribution is -2.33. The molecule has 4 amide bonds. The van der Waals surface area contributed by atoms with Gasteiger partial charge in [-0.2, -0.15) is 0 Å². The number of anilines is 2. The second kappa shape index (κ2) is 25.6. The van der Waals surface area contributed by atoms with E-state index in [9.17, 15) is 24.0 Å². The number of methoxy groups -OCH3 is 3. The number of carbonyl (C=O) groups excluding carboxylic acids is 5. The first-order valence-corrected chi connectivity index (χ1v) is 25.0. The van der Waals surface area contributed by atoms with E-state index in [0.29, 0.717) is 72.8 Å². The van der Waals surface area contributed by atoms with Crippen LogP contribution in [0.25, 0.3) is 0 Å². The summed E-state index contributed by atoms with van der Waals surface area (Å²) in [6.45, 7) is 17.7. The van der Waals surface area contributed by atoms with Crippen LogP contribution in [0.2, 0.25) is 0 Å². The molecule has 0 saturated carbocycles. The second-order valence-corrected chi connectivity index (χ2v) is 20.8. The molecular formula is C51H66N6O10S2. The molecule has 69 heavy (non-hydrogen) atoms. The van der Waals surface area contributed by atoms with Gasteiger partial charge in [-0.1, -0.05) is 45.9 Å². The van der Waals surface area contributed by atoms with Gasteiger partial charge < -0.3 is 43.8 Å². The molecule has 18 heteroatoms. The normalized spacial score (nSPS) is 15.9. The lowest BCUT2D eigenvalue weighted by Gasteiger charge is -2.31. The highest BCUT2D eigenvalue weighted by atomic mass is 33.1. The third kappa shape index (κ3) is 15.5. The summed E-state index contributed by atoms with van der Waals surface area (Å²) in [6.07, 6.45) is 5.07. The van der Waals surface area contributed by atoms with Crippen molar-refractivity contribution < 1.29 is 47.8 Å². The zero-order chi connectivity index (χ0) is 50.3. The zero-order valence-corrected chi connectivity index (χ0v) is 42.7. The maximum Gasteiger partial charge on any atom is 0.333 e. The predicted molar refractivity (Wildman–Crippen MR) is 274 cm³/mol. The molecule has 0 bridgehead atoms. The molecule has 3 saturated heterocycles. The number of hydrogen-bond donors (Lipinski definition) is 1. The Labute approximate surface area is 414 Å². The fourth-order valence-corrected chi connectivity index (χ4v) is 10.5. The lowest BCUT2D eigenvalue weighted by molar-refractivity contribution is -0.197. The molecule has 16 nitrogen and oxygen atoms in total. The Morgan fingerprint density at radius 3 is 2.30 bits per heavy atom. The molecule has 3 aromatic rings. The highest BCUT2D eigenvalue weighted by Crippen LogP contribution is 2.39. The standard InChI is InChI=1S/C37H48N4O8S2.C14H18N2O2/c1-25-13-30(40(20-25)24-42)19-38-31-18-33(32(47-7)14-26(31)2)48-22-28-15-27(21-46-6)16-29(17-28)39(5)23-37(3,4)51-50-12-8-9-36(45)49-41-34(43)10-11-35(41)44;1-10-6-7-16(9-10)14(17)12-8-11(18-3)4-5-13(12)15-2/h14-19,24,30H,1,8-13,20-23H2,2-7H3;4-5,8,15H,1,6-7,9H2,2-3H3. The van der Waals surface area contributed by atoms with E-state index >= 15 is 0 Å². The van der Waals surface area contributed by atoms with Crippen LogP contribution in [-0.4, -0.2) is 129 Å². The van der Waals surface area contributed by atoms with Gasteiger partial charge in [0.25, 0.3) is 17.7 Å². The summed E-state index contributed by atoms with van der Waals surface area (Å²) in [4.78, 5) is 74.7. The Morgan fingerprint density at radius 1 is 0.942 bits per heavy atom. The van der Waals surface area contributed by atoms with E-state index in [1.165, 1.54) is 0 Å². The number of aryl methyl sites for hydroxylation is 1. The highest BCUT2D eigenvalue weighted by Gasteiger charge is 2.33. The van der Waals surface area contributed by atoms with Crippen LogP contribution in [-0.2, 0) is 42.0 Å². The van der Waals surface area contributed by atoms with Gasteiger partial charge in [0.05, 0.1) is 38.1 Å². The Balaban J connectivity index is 0.000000410. The average molecular weight is 987 g/mol. The first-order chi connectivity index (χ1) is 33.0. The molecule has 3 aromatic carbocycles. The summed E-state index contributed by atoms with van der Waals surface area (Å²) >= 11 is 0. The summed E-state index contributed by atoms with van der Waals surface area (Å²) < 4.78 is 22.5. The highest BCUT2D eigenvalue weighted by molar-refractivity contribution is 8.77. The van der Waals surface area contributed by atoms with Crippen molar-refractivity contribution >= 4 is 75.0 Å². The van der Waals surface area contributed by atoms with Gasteiger partial charge in [-0.05, 0) is 99.2 Å². The number of imide groups is 1. The average Bonchev–Trinajstić information content (AvgIpc) is 4.03. The molecule has 372 valence electrons. The van der Waals surface area contributed by atoms with Crippen molar-refractivity contribution in [3.63, 3.8) is 0 Å². The summed E-state index contributed by atoms with van der Waals surface area (Å²) in [6, 6.07) is 15.4. The van der Waals surface area contributed by atoms with Gasteiger partial charge in [0.15, 0.2) is 11.5 Å². The van der Waals surface area contributed by atoms with E-state index < -0.39 is 17.8 Å². The maximum atomic E-state index is 12.4. The van der Waals surface area contributed by atoms with E-state index in [1.54, 1.807) is 60.1 Å². The van der Waals surface area contributed by atoms with Crippen LogP contribution < -0.4 is 24.4 Å². The number of ether oxygens (including phenoxy) is 4. The third-order valence-electron chi connectivity index (χ3n) is 11.4. The van der Waals surface area contributed by atoms with Crippen molar-refractivity contribution in [2.45, 2.75) is 83.3 Å². The van der Waals surface area contributed by atoms with Gasteiger partial charge in [0.2, 0.25) is 6.41 Å². The number of aliphatic imine (C=N–C) groups is 1. The largest absolute Gasteiger partial charge is 0.497 e. The minimum Gasteiger partial charge on any atom is -0.497 e. The van der Waals surface area contributed by atoms with E-state index in [-0.39, 0.29) is 36.0 Å². The smallest absolute Gasteiger partial charge is 0.333 e. The van der Waals surface area contributed by atoms with Crippen molar-refractivity contribution in [2.75, 3.05) is 77.6 Å². The first-order valence-electron chi connectivity index (χ1n) is 22.7. The lowest BCUT2D eigenvalue weighted by atomic mass is 10.1. The fraction of sp³-hybridized carbons (Fsp3) is 0.451. The minimum absolute atomic E-state index is 0.0249. The van der Waals surface area contributed by atoms with Gasteiger partial charge in [-0.15, -0.1) is 5.06 Å². The van der Waals surface area contributed by atoms with E-state index in [1.807, 2.05) is 43.1 Å². The van der Waals surface area contributed by atoms with Crippen molar-refractivity contribution in [2.24, 2.45) is 4.99 Å². The van der Waals surface area contributed by atoms with E-state index in [0.717, 1.165) is 70.8 Å². The summed E-state index contributed by atoms with van der Waals surface area (Å²) in [5, 5.41) is 3.63. The van der Waals surface area contributed by atoms with Gasteiger partial charge in [0, 0.05) is 101 Å². The fourth-order valence-electron chi connectivity index (χ4n) is 7.87. The van der Waals surface area contributed by atoms with Crippen LogP contribution >= 0.6 is 21.6 Å². The molecule has 3 heterocycles. The quantitative estimate of drug-likeness (QED) is 0.0255. The van der Waals surface area contributed by atoms with Crippen LogP contribution in [0.4, 0.5) is 17.1 Å². The second-order valence-electron chi connectivity index (χ2n) is 17.7. The summed E-state index contributed by atoms with van der Waals surface area (Å²) in [5.41, 5.74) is 8.23. The number of rotatable bonds is 22. The van der Waals surface area contributed by atoms with E-state index in [4.69, 9.17) is 28.8 Å². The number of nitrogens with one attached hydrogen (secondary N) is 1. The number of nitrogens with zero attached hydrogens (tertiary/aromatic N) is 5. The Kier molecular flexibility index (Phi) is 20.0. The Hall–Kier alpha value is -5.98. The van der Waals surface area contributed by atoms with Crippen LogP contribution in [0.1, 0.15) is 79.4 Å². The zero-order valence-electron chi connectivity index (χ0n) is 41.1. The number of carbonyl (C=O) groups is 5. The van der Waals surface area contributed by atoms with Crippen LogP contribution in [0, 0.1) is 6.92 Å². The number of amides is 4. The molecule has 0 spiro atoms. The molecule has 0 aliphatic carbocycles. The van der Waals surface area contributed by atoms with Gasteiger partial charge in [-0.25, -0.2) is 4.79 Å². The number of likely N-dealkylation sites (tertiary alicyclic amines) is 2. The number of hydrogen-bond acceptors (Lipinski definition) is 15. The molecule has 3 fully saturated rings. The Morgan fingerprint density at radius 2 is 1.67 bits per heavy atom. The van der Waals surface area contributed by atoms with Crippen molar-refractivity contribution in [1.82, 2.24) is 14.9 Å². The minimum atomic E-state index is -0.577. The molecular weight excluding hydrogens is 921 g/mol. The first kappa shape index (κ1) is 54.0. The van der Waals surface area contributed by atoms with Gasteiger partial charge in [-0.3, -0.25) is 24.2 Å². The molecule has 6 rings (SSSR count). The Bertz CT molecular complexity index is 2380. The van der Waals surface area contributed by atoms with Crippen LogP contribution in [0.15, 0.2) is 77.8 Å². The molecule has 3 aliphatic heterocycles. The molecule has 0 aromatic heterocycles. The predicted octanol–water partition coefficient (Wildman–Crippen LogP) is 8.34. The molecule has 3 aliphatic rings. The molecule has 1 atom stereocenters. The SMILES string of the molecule is C=C1CC(C=Nc2cc(OCc3cc(COC)cc(N(C)CC(C)(C)SSCCCC(=O)ON4C(=O)CCC4=O)c3)c(OC)cc2C)N(C=O)C1.C=C1CCN(C(=O)c2cc(OC)ccc2NC)C1. The van der Waals surface area contributed by atoms with Gasteiger partial charge in [0.1, 0.15) is 12.4 Å². The summed E-state index contributed by atoms with van der Waals surface area (Å²) in [5.74, 6) is 1.07. The molecule has 1 N–H and O–H groups in total.